The van der Waals surface area contributed by atoms with Crippen LogP contribution in [0.25, 0.3) is 5.69 Å². The lowest BCUT2D eigenvalue weighted by Gasteiger charge is -2.34. The first kappa shape index (κ1) is 19.1. The number of anilines is 1. The summed E-state index contributed by atoms with van der Waals surface area (Å²) in [5, 5.41) is 3.19. The minimum Gasteiger partial charge on any atom is -0.495 e. The monoisotopic (exact) mass is 390 g/mol. The van der Waals surface area contributed by atoms with E-state index in [9.17, 15) is 4.79 Å². The summed E-state index contributed by atoms with van der Waals surface area (Å²) in [4.78, 5) is 19.5. The Kier molecular flexibility index (Phi) is 5.51. The van der Waals surface area contributed by atoms with Crippen LogP contribution in [0.5, 0.6) is 5.75 Å². The Hall–Kier alpha value is -3.28. The molecule has 3 aromatic rings. The molecule has 150 valence electrons. The highest BCUT2D eigenvalue weighted by Gasteiger charge is 2.22. The molecule has 0 saturated carbocycles. The lowest BCUT2D eigenvalue weighted by Crippen LogP contribution is -2.47. The van der Waals surface area contributed by atoms with Gasteiger partial charge in [0.1, 0.15) is 5.75 Å². The van der Waals surface area contributed by atoms with Gasteiger partial charge in [0.2, 0.25) is 0 Å². The van der Waals surface area contributed by atoms with Gasteiger partial charge in [-0.15, -0.1) is 0 Å². The molecule has 2 aromatic carbocycles. The number of carbonyl (C=O) groups excluding carboxylic acids is 1. The van der Waals surface area contributed by atoms with E-state index in [0.29, 0.717) is 11.3 Å². The first-order valence-electron chi connectivity index (χ1n) is 9.94. The number of amides is 1. The van der Waals surface area contributed by atoms with E-state index < -0.39 is 0 Å². The average molecular weight is 390 g/mol. The van der Waals surface area contributed by atoms with Gasteiger partial charge in [0.05, 0.1) is 24.8 Å². The van der Waals surface area contributed by atoms with Crippen molar-refractivity contribution in [2.75, 3.05) is 25.1 Å². The molecule has 1 saturated heterocycles. The van der Waals surface area contributed by atoms with Gasteiger partial charge in [0.15, 0.2) is 0 Å². The average Bonchev–Trinajstić information content (AvgIpc) is 3.20. The number of nitrogens with zero attached hydrogens (tertiary/aromatic N) is 3. The highest BCUT2D eigenvalue weighted by molar-refractivity contribution is 5.95. The van der Waals surface area contributed by atoms with Crippen LogP contribution in [0.4, 0.5) is 5.69 Å². The molecule has 1 fully saturated rings. The Balaban J connectivity index is 1.47. The van der Waals surface area contributed by atoms with Crippen molar-refractivity contribution in [2.45, 2.75) is 25.8 Å². The molecule has 1 atom stereocenters. The number of hydrogen-bond acceptors (Lipinski definition) is 4. The normalized spacial score (nSPS) is 16.5. The molecule has 1 aliphatic rings. The van der Waals surface area contributed by atoms with Crippen molar-refractivity contribution in [3.05, 3.63) is 72.3 Å². The van der Waals surface area contributed by atoms with E-state index in [1.807, 2.05) is 48.0 Å². The number of hydrogen-bond donors (Lipinski definition) is 1. The van der Waals surface area contributed by atoms with Crippen LogP contribution in [-0.2, 0) is 0 Å². The molecule has 29 heavy (non-hydrogen) atoms. The zero-order valence-electron chi connectivity index (χ0n) is 16.8. The fourth-order valence-electron chi connectivity index (χ4n) is 3.82. The standard InChI is InChI=1S/C23H26N4O2/c1-17-14-27(16-24-17)21-11-10-18(13-22(21)29-2)23(28)25-19-7-6-12-26(15-19)20-8-4-3-5-9-20/h3-5,8-11,13-14,16,19H,6-7,12,15H2,1-2H3,(H,25,28). The number of rotatable bonds is 5. The van der Waals surface area contributed by atoms with E-state index in [2.05, 4.69) is 27.3 Å². The topological polar surface area (TPSA) is 59.4 Å². The highest BCUT2D eigenvalue weighted by Crippen LogP contribution is 2.25. The summed E-state index contributed by atoms with van der Waals surface area (Å²) in [5.41, 5.74) is 3.58. The first-order valence-corrected chi connectivity index (χ1v) is 9.94. The van der Waals surface area contributed by atoms with Gasteiger partial charge in [-0.2, -0.15) is 0 Å². The van der Waals surface area contributed by atoms with Gasteiger partial charge in [-0.3, -0.25) is 4.79 Å². The SMILES string of the molecule is COc1cc(C(=O)NC2CCCN(c3ccccc3)C2)ccc1-n1cnc(C)c1. The smallest absolute Gasteiger partial charge is 0.251 e. The molecule has 1 amide bonds. The number of para-hydroxylation sites is 1. The first-order chi connectivity index (χ1) is 14.1. The lowest BCUT2D eigenvalue weighted by atomic mass is 10.0. The Morgan fingerprint density at radius 2 is 2.03 bits per heavy atom. The van der Waals surface area contributed by atoms with E-state index >= 15 is 0 Å². The predicted octanol–water partition coefficient (Wildman–Crippen LogP) is 3.59. The van der Waals surface area contributed by atoms with Crippen molar-refractivity contribution in [1.82, 2.24) is 14.9 Å². The molecule has 0 spiro atoms. The zero-order valence-corrected chi connectivity index (χ0v) is 16.8. The van der Waals surface area contributed by atoms with Gasteiger partial charge < -0.3 is 19.5 Å². The second-order valence-electron chi connectivity index (χ2n) is 7.40. The summed E-state index contributed by atoms with van der Waals surface area (Å²) in [6.45, 7) is 3.77. The second-order valence-corrected chi connectivity index (χ2v) is 7.40. The van der Waals surface area contributed by atoms with Gasteiger partial charge >= 0.3 is 0 Å². The molecule has 4 rings (SSSR count). The predicted molar refractivity (Wildman–Crippen MR) is 114 cm³/mol. The summed E-state index contributed by atoms with van der Waals surface area (Å²) in [6, 6.07) is 16.0. The van der Waals surface area contributed by atoms with Crippen molar-refractivity contribution in [1.29, 1.82) is 0 Å². The zero-order chi connectivity index (χ0) is 20.2. The van der Waals surface area contributed by atoms with Crippen molar-refractivity contribution >= 4 is 11.6 Å². The number of benzene rings is 2. The number of carbonyl (C=O) groups is 1. The molecule has 0 radical (unpaired) electrons. The minimum atomic E-state index is -0.0726. The second kappa shape index (κ2) is 8.39. The maximum absolute atomic E-state index is 12.9. The van der Waals surface area contributed by atoms with Gasteiger partial charge in [-0.1, -0.05) is 18.2 Å². The maximum atomic E-state index is 12.9. The van der Waals surface area contributed by atoms with Crippen LogP contribution in [0.2, 0.25) is 0 Å². The number of methoxy groups -OCH3 is 1. The van der Waals surface area contributed by atoms with Crippen molar-refractivity contribution in [2.24, 2.45) is 0 Å². The summed E-state index contributed by atoms with van der Waals surface area (Å²) in [5.74, 6) is 0.571. The molecule has 6 nitrogen and oxygen atoms in total. The Morgan fingerprint density at radius 3 is 2.76 bits per heavy atom. The molecule has 1 unspecified atom stereocenters. The molecule has 1 N–H and O–H groups in total. The van der Waals surface area contributed by atoms with Crippen LogP contribution >= 0.6 is 0 Å². The van der Waals surface area contributed by atoms with Crippen LogP contribution in [0.15, 0.2) is 61.1 Å². The summed E-state index contributed by atoms with van der Waals surface area (Å²) in [7, 11) is 1.61. The Morgan fingerprint density at radius 1 is 1.21 bits per heavy atom. The van der Waals surface area contributed by atoms with Crippen molar-refractivity contribution in [3.8, 4) is 11.4 Å². The fourth-order valence-corrected chi connectivity index (χ4v) is 3.82. The van der Waals surface area contributed by atoms with Gasteiger partial charge in [-0.25, -0.2) is 4.98 Å². The van der Waals surface area contributed by atoms with Crippen LogP contribution < -0.4 is 15.0 Å². The largest absolute Gasteiger partial charge is 0.495 e. The van der Waals surface area contributed by atoms with Crippen molar-refractivity contribution < 1.29 is 9.53 Å². The van der Waals surface area contributed by atoms with Gasteiger partial charge in [0.25, 0.3) is 5.91 Å². The van der Waals surface area contributed by atoms with Gasteiger partial charge in [-0.05, 0) is 50.1 Å². The van der Waals surface area contributed by atoms with E-state index in [-0.39, 0.29) is 11.9 Å². The van der Waals surface area contributed by atoms with Crippen LogP contribution in [0.1, 0.15) is 28.9 Å². The Labute approximate surface area is 171 Å². The molecular formula is C23H26N4O2. The number of piperidine rings is 1. The number of nitrogens with one attached hydrogen (secondary N) is 1. The van der Waals surface area contributed by atoms with E-state index in [0.717, 1.165) is 37.3 Å². The minimum absolute atomic E-state index is 0.0726. The molecule has 0 bridgehead atoms. The number of imidazole rings is 1. The van der Waals surface area contributed by atoms with Crippen LogP contribution in [0, 0.1) is 6.92 Å². The molecule has 2 heterocycles. The fraction of sp³-hybridized carbons (Fsp3) is 0.304. The third-order valence-corrected chi connectivity index (χ3v) is 5.31. The maximum Gasteiger partial charge on any atom is 0.251 e. The molecular weight excluding hydrogens is 364 g/mol. The lowest BCUT2D eigenvalue weighted by molar-refractivity contribution is 0.0933. The van der Waals surface area contributed by atoms with Gasteiger partial charge in [0, 0.05) is 36.6 Å². The summed E-state index contributed by atoms with van der Waals surface area (Å²) < 4.78 is 7.43. The van der Waals surface area contributed by atoms with Crippen LogP contribution in [0.3, 0.4) is 0 Å². The Bertz CT molecular complexity index is 984. The quantitative estimate of drug-likeness (QED) is 0.723. The van der Waals surface area contributed by atoms with E-state index in [1.54, 1.807) is 19.5 Å². The molecule has 0 aliphatic carbocycles. The van der Waals surface area contributed by atoms with Crippen LogP contribution in [-0.4, -0.2) is 41.7 Å². The van der Waals surface area contributed by atoms with E-state index in [1.165, 1.54) is 5.69 Å². The molecule has 1 aliphatic heterocycles. The number of ether oxygens (including phenoxy) is 1. The van der Waals surface area contributed by atoms with Crippen molar-refractivity contribution in [3.63, 3.8) is 0 Å². The summed E-state index contributed by atoms with van der Waals surface area (Å²) in [6.07, 6.45) is 5.71. The molecule has 1 aromatic heterocycles. The third-order valence-electron chi connectivity index (χ3n) is 5.31. The molecule has 6 heteroatoms. The number of aromatic nitrogens is 2. The highest BCUT2D eigenvalue weighted by atomic mass is 16.5. The van der Waals surface area contributed by atoms with E-state index in [4.69, 9.17) is 4.74 Å². The third kappa shape index (κ3) is 4.26. The summed E-state index contributed by atoms with van der Waals surface area (Å²) >= 11 is 0. The number of aryl methyl sites for hydroxylation is 1.